The predicted octanol–water partition coefficient (Wildman–Crippen LogP) is 1.69. The molecule has 3 N–H and O–H groups in total. The van der Waals surface area contributed by atoms with Crippen LogP contribution in [-0.2, 0) is 30.6 Å². The van der Waals surface area contributed by atoms with Crippen LogP contribution < -0.4 is 11.1 Å². The summed E-state index contributed by atoms with van der Waals surface area (Å²) >= 11 is 0. The zero-order valence-corrected chi connectivity index (χ0v) is 18.3. The number of epoxide rings is 1. The Labute approximate surface area is 178 Å². The SMILES string of the molecule is CC1(C(=O)C(CC2=CCCCC2)NC(=O)C(N)Cc2ccc(S(C)(=O)=O)cc2)CO1. The van der Waals surface area contributed by atoms with Gasteiger partial charge in [-0.15, -0.1) is 0 Å². The Morgan fingerprint density at radius 1 is 1.20 bits per heavy atom. The summed E-state index contributed by atoms with van der Waals surface area (Å²) in [5.74, 6) is -0.520. The van der Waals surface area contributed by atoms with E-state index in [0.29, 0.717) is 13.0 Å². The number of amides is 1. The number of hydrogen-bond acceptors (Lipinski definition) is 6. The van der Waals surface area contributed by atoms with E-state index in [1.54, 1.807) is 19.1 Å². The number of carbonyl (C=O) groups is 2. The number of nitrogens with one attached hydrogen (secondary N) is 1. The summed E-state index contributed by atoms with van der Waals surface area (Å²) in [5, 5.41) is 2.84. The zero-order valence-electron chi connectivity index (χ0n) is 17.5. The van der Waals surface area contributed by atoms with Crippen LogP contribution >= 0.6 is 0 Å². The molecule has 0 aromatic heterocycles. The molecule has 30 heavy (non-hydrogen) atoms. The van der Waals surface area contributed by atoms with E-state index in [1.807, 2.05) is 0 Å². The zero-order chi connectivity index (χ0) is 21.9. The lowest BCUT2D eigenvalue weighted by Crippen LogP contribution is -2.52. The summed E-state index contributed by atoms with van der Waals surface area (Å²) in [5.41, 5.74) is 7.21. The molecule has 0 bridgehead atoms. The van der Waals surface area contributed by atoms with Gasteiger partial charge >= 0.3 is 0 Å². The van der Waals surface area contributed by atoms with E-state index < -0.39 is 33.4 Å². The molecule has 3 rings (SSSR count). The highest BCUT2D eigenvalue weighted by molar-refractivity contribution is 7.90. The smallest absolute Gasteiger partial charge is 0.237 e. The van der Waals surface area contributed by atoms with E-state index in [2.05, 4.69) is 11.4 Å². The molecule has 0 radical (unpaired) electrons. The average Bonchev–Trinajstić information content (AvgIpc) is 3.46. The molecule has 1 fully saturated rings. The van der Waals surface area contributed by atoms with Gasteiger partial charge in [0.15, 0.2) is 15.6 Å². The van der Waals surface area contributed by atoms with Crippen molar-refractivity contribution >= 4 is 21.5 Å². The molecule has 2 aliphatic rings. The van der Waals surface area contributed by atoms with E-state index in [-0.39, 0.29) is 17.1 Å². The fourth-order valence-electron chi connectivity index (χ4n) is 3.68. The third-order valence-electron chi connectivity index (χ3n) is 5.73. The number of carbonyl (C=O) groups excluding carboxylic acids is 2. The number of Topliss-reactive ketones (excluding diaryl/α,β-unsaturated/α-hetero) is 1. The molecule has 1 heterocycles. The normalized spacial score (nSPS) is 23.2. The third-order valence-corrected chi connectivity index (χ3v) is 6.86. The van der Waals surface area contributed by atoms with Crippen LogP contribution in [0.25, 0.3) is 0 Å². The molecule has 7 nitrogen and oxygen atoms in total. The van der Waals surface area contributed by atoms with Crippen LogP contribution in [-0.4, -0.2) is 50.7 Å². The maximum Gasteiger partial charge on any atom is 0.237 e. The molecule has 1 aliphatic heterocycles. The summed E-state index contributed by atoms with van der Waals surface area (Å²) in [6, 6.07) is 4.80. The Morgan fingerprint density at radius 2 is 1.87 bits per heavy atom. The number of sulfone groups is 1. The van der Waals surface area contributed by atoms with Crippen molar-refractivity contribution in [1.29, 1.82) is 0 Å². The van der Waals surface area contributed by atoms with Crippen LogP contribution in [0.1, 0.15) is 44.6 Å². The summed E-state index contributed by atoms with van der Waals surface area (Å²) in [6.45, 7) is 2.11. The van der Waals surface area contributed by atoms with Crippen molar-refractivity contribution in [1.82, 2.24) is 5.32 Å². The number of benzene rings is 1. The Morgan fingerprint density at radius 3 is 2.40 bits per heavy atom. The molecular weight excluding hydrogens is 404 g/mol. The topological polar surface area (TPSA) is 119 Å². The van der Waals surface area contributed by atoms with Gasteiger partial charge in [0.1, 0.15) is 5.60 Å². The molecular formula is C22H30N2O5S. The molecule has 1 aromatic rings. The van der Waals surface area contributed by atoms with Crippen LogP contribution in [0.2, 0.25) is 0 Å². The van der Waals surface area contributed by atoms with Gasteiger partial charge in [-0.1, -0.05) is 23.8 Å². The number of ketones is 1. The first-order valence-corrected chi connectivity index (χ1v) is 12.2. The van der Waals surface area contributed by atoms with Crippen molar-refractivity contribution in [3.8, 4) is 0 Å². The van der Waals surface area contributed by atoms with Crippen LogP contribution in [0.3, 0.4) is 0 Å². The second-order valence-corrected chi connectivity index (χ2v) is 10.5. The molecule has 1 amide bonds. The van der Waals surface area contributed by atoms with Gasteiger partial charge in [0, 0.05) is 6.26 Å². The second-order valence-electron chi connectivity index (χ2n) is 8.48. The summed E-state index contributed by atoms with van der Waals surface area (Å²) < 4.78 is 28.5. The molecule has 3 unspecified atom stereocenters. The highest BCUT2D eigenvalue weighted by Gasteiger charge is 2.50. The van der Waals surface area contributed by atoms with Gasteiger partial charge in [-0.05, 0) is 63.1 Å². The molecule has 3 atom stereocenters. The van der Waals surface area contributed by atoms with Gasteiger partial charge in [-0.25, -0.2) is 8.42 Å². The van der Waals surface area contributed by atoms with Crippen molar-refractivity contribution < 1.29 is 22.7 Å². The van der Waals surface area contributed by atoms with Crippen molar-refractivity contribution in [2.45, 2.75) is 68.0 Å². The lowest BCUT2D eigenvalue weighted by atomic mass is 9.89. The molecule has 1 saturated heterocycles. The second kappa shape index (κ2) is 8.99. The molecule has 1 aliphatic carbocycles. The van der Waals surface area contributed by atoms with Crippen molar-refractivity contribution in [3.05, 3.63) is 41.5 Å². The lowest BCUT2D eigenvalue weighted by molar-refractivity contribution is -0.131. The number of ether oxygens (including phenoxy) is 1. The number of nitrogens with two attached hydrogens (primary N) is 1. The van der Waals surface area contributed by atoms with Crippen LogP contribution in [0, 0.1) is 0 Å². The molecule has 0 spiro atoms. The first-order valence-electron chi connectivity index (χ1n) is 10.3. The minimum absolute atomic E-state index is 0.118. The van der Waals surface area contributed by atoms with E-state index in [0.717, 1.165) is 37.5 Å². The number of allylic oxidation sites excluding steroid dienone is 1. The van der Waals surface area contributed by atoms with E-state index in [1.165, 1.54) is 17.7 Å². The van der Waals surface area contributed by atoms with Gasteiger partial charge < -0.3 is 15.8 Å². The van der Waals surface area contributed by atoms with Gasteiger partial charge in [-0.3, -0.25) is 9.59 Å². The van der Waals surface area contributed by atoms with Gasteiger partial charge in [0.2, 0.25) is 5.91 Å². The van der Waals surface area contributed by atoms with Crippen LogP contribution in [0.15, 0.2) is 40.8 Å². The van der Waals surface area contributed by atoms with Crippen LogP contribution in [0.5, 0.6) is 0 Å². The maximum absolute atomic E-state index is 12.9. The maximum atomic E-state index is 12.9. The van der Waals surface area contributed by atoms with Crippen molar-refractivity contribution in [2.75, 3.05) is 12.9 Å². The number of hydrogen-bond donors (Lipinski definition) is 2. The first-order chi connectivity index (χ1) is 14.1. The highest BCUT2D eigenvalue weighted by Crippen LogP contribution is 2.31. The largest absolute Gasteiger partial charge is 0.361 e. The average molecular weight is 435 g/mol. The summed E-state index contributed by atoms with van der Waals surface area (Å²) in [7, 11) is -3.28. The van der Waals surface area contributed by atoms with Crippen LogP contribution in [0.4, 0.5) is 0 Å². The quantitative estimate of drug-likeness (QED) is 0.451. The summed E-state index contributed by atoms with van der Waals surface area (Å²) in [4.78, 5) is 25.8. The highest BCUT2D eigenvalue weighted by atomic mass is 32.2. The Balaban J connectivity index is 1.65. The van der Waals surface area contributed by atoms with Gasteiger partial charge in [0.05, 0.1) is 23.6 Å². The Kier molecular flexibility index (Phi) is 6.79. The number of rotatable bonds is 9. The Hall–Kier alpha value is -2.03. The first kappa shape index (κ1) is 22.7. The van der Waals surface area contributed by atoms with E-state index >= 15 is 0 Å². The fourth-order valence-corrected chi connectivity index (χ4v) is 4.31. The van der Waals surface area contributed by atoms with E-state index in [9.17, 15) is 18.0 Å². The van der Waals surface area contributed by atoms with Crippen molar-refractivity contribution in [2.24, 2.45) is 5.73 Å². The summed E-state index contributed by atoms with van der Waals surface area (Å²) in [6.07, 6.45) is 8.22. The van der Waals surface area contributed by atoms with Crippen molar-refractivity contribution in [3.63, 3.8) is 0 Å². The van der Waals surface area contributed by atoms with Gasteiger partial charge in [-0.2, -0.15) is 0 Å². The molecule has 8 heteroatoms. The van der Waals surface area contributed by atoms with E-state index in [4.69, 9.17) is 10.5 Å². The van der Waals surface area contributed by atoms with Gasteiger partial charge in [0.25, 0.3) is 0 Å². The lowest BCUT2D eigenvalue weighted by Gasteiger charge is -2.24. The molecule has 1 aromatic carbocycles. The fraction of sp³-hybridized carbons (Fsp3) is 0.545. The molecule has 164 valence electrons. The Bertz CT molecular complexity index is 933. The monoisotopic (exact) mass is 434 g/mol. The molecule has 0 saturated carbocycles. The minimum Gasteiger partial charge on any atom is -0.361 e. The standard InChI is InChI=1S/C22H30N2O5S/c1-22(14-29-22)20(25)19(13-15-6-4-3-5-7-15)24-21(26)18(23)12-16-8-10-17(11-9-16)30(2,27)28/h6,8-11,18-19H,3-5,7,12-14,23H2,1-2H3,(H,24,26). The third kappa shape index (κ3) is 5.77. The predicted molar refractivity (Wildman–Crippen MR) is 114 cm³/mol. The minimum atomic E-state index is -3.28.